The second kappa shape index (κ2) is 5.56. The Morgan fingerprint density at radius 1 is 0.818 bits per heavy atom. The van der Waals surface area contributed by atoms with Crippen molar-refractivity contribution >= 4 is 0 Å². The van der Waals surface area contributed by atoms with Crippen LogP contribution in [0.15, 0.2) is 0 Å². The van der Waals surface area contributed by atoms with E-state index in [2.05, 4.69) is 20.8 Å². The third kappa shape index (κ3) is 4.38. The lowest BCUT2D eigenvalue weighted by atomic mass is 10.3. The molecule has 2 heteroatoms. The van der Waals surface area contributed by atoms with Crippen molar-refractivity contribution in [2.24, 2.45) is 0 Å². The van der Waals surface area contributed by atoms with Crippen molar-refractivity contribution in [1.29, 1.82) is 0 Å². The first-order valence-corrected chi connectivity index (χ1v) is 4.77. The van der Waals surface area contributed by atoms with Gasteiger partial charge in [0.15, 0.2) is 0 Å². The first-order valence-electron chi connectivity index (χ1n) is 4.77. The molecule has 11 heavy (non-hydrogen) atoms. The largest absolute Gasteiger partial charge is 0.217 e. The lowest BCUT2D eigenvalue weighted by Crippen LogP contribution is -2.46. The van der Waals surface area contributed by atoms with E-state index in [9.17, 15) is 5.21 Å². The van der Waals surface area contributed by atoms with Gasteiger partial charge < -0.3 is 0 Å². The minimum absolute atomic E-state index is 0.281. The zero-order chi connectivity index (χ0) is 8.74. The maximum Gasteiger partial charge on any atom is 0.108 e. The molecule has 0 atom stereocenters. The zero-order valence-electron chi connectivity index (χ0n) is 8.14. The highest BCUT2D eigenvalue weighted by molar-refractivity contribution is 4.34. The molecule has 2 nitrogen and oxygen atoms in total. The van der Waals surface area contributed by atoms with E-state index in [0.717, 1.165) is 38.9 Å². The molecule has 0 bridgehead atoms. The van der Waals surface area contributed by atoms with Gasteiger partial charge in [-0.1, -0.05) is 20.8 Å². The van der Waals surface area contributed by atoms with E-state index in [4.69, 9.17) is 0 Å². The van der Waals surface area contributed by atoms with Crippen LogP contribution in [0.2, 0.25) is 0 Å². The van der Waals surface area contributed by atoms with Crippen molar-refractivity contribution < 1.29 is 9.85 Å². The van der Waals surface area contributed by atoms with Crippen LogP contribution in [-0.2, 0) is 0 Å². The highest BCUT2D eigenvalue weighted by atomic mass is 16.5. The SMILES string of the molecule is CCC[N+](O)(CCC)CCC. The smallest absolute Gasteiger partial charge is 0.108 e. The molecule has 0 radical (unpaired) electrons. The summed E-state index contributed by atoms with van der Waals surface area (Å²) < 4.78 is 0.281. The van der Waals surface area contributed by atoms with Crippen LogP contribution in [0.4, 0.5) is 0 Å². The standard InChI is InChI=1S/C9H22NO/c1-4-7-10(11,8-5-2)9-6-3/h11H,4-9H2,1-3H3/q+1. The third-order valence-corrected chi connectivity index (χ3v) is 1.92. The van der Waals surface area contributed by atoms with Gasteiger partial charge in [-0.2, -0.15) is 4.65 Å². The molecular weight excluding hydrogens is 138 g/mol. The Balaban J connectivity index is 3.79. The molecule has 0 saturated heterocycles. The monoisotopic (exact) mass is 160 g/mol. The highest BCUT2D eigenvalue weighted by Crippen LogP contribution is 2.06. The second-order valence-corrected chi connectivity index (χ2v) is 3.27. The van der Waals surface area contributed by atoms with Crippen LogP contribution < -0.4 is 0 Å². The van der Waals surface area contributed by atoms with E-state index in [1.165, 1.54) is 0 Å². The third-order valence-electron chi connectivity index (χ3n) is 1.92. The molecule has 68 valence electrons. The summed E-state index contributed by atoms with van der Waals surface area (Å²) in [4.78, 5) is 0. The molecule has 1 N–H and O–H groups in total. The normalized spacial score (nSPS) is 12.0. The first kappa shape index (κ1) is 10.9. The van der Waals surface area contributed by atoms with Gasteiger partial charge in [-0.15, -0.1) is 0 Å². The average Bonchev–Trinajstić information content (AvgIpc) is 1.88. The number of rotatable bonds is 6. The van der Waals surface area contributed by atoms with Gasteiger partial charge in [0.1, 0.15) is 19.6 Å². The van der Waals surface area contributed by atoms with Crippen LogP contribution in [0.25, 0.3) is 0 Å². The van der Waals surface area contributed by atoms with Crippen molar-refractivity contribution in [3.05, 3.63) is 0 Å². The second-order valence-electron chi connectivity index (χ2n) is 3.27. The number of quaternary nitrogens is 1. The summed E-state index contributed by atoms with van der Waals surface area (Å²) in [6.07, 6.45) is 3.20. The topological polar surface area (TPSA) is 20.2 Å². The molecule has 0 amide bonds. The van der Waals surface area contributed by atoms with Gasteiger partial charge in [0.2, 0.25) is 0 Å². The van der Waals surface area contributed by atoms with Crippen LogP contribution in [0, 0.1) is 0 Å². The van der Waals surface area contributed by atoms with Gasteiger partial charge in [-0.25, -0.2) is 5.21 Å². The van der Waals surface area contributed by atoms with Crippen LogP contribution in [0.1, 0.15) is 40.0 Å². The maximum absolute atomic E-state index is 9.95. The molecule has 0 fully saturated rings. The molecular formula is C9H22NO+. The maximum atomic E-state index is 9.95. The Bertz CT molecular complexity index is 76.5. The fraction of sp³-hybridized carbons (Fsp3) is 1.00. The molecule has 0 unspecified atom stereocenters. The quantitative estimate of drug-likeness (QED) is 0.467. The van der Waals surface area contributed by atoms with Gasteiger partial charge in [0, 0.05) is 0 Å². The summed E-state index contributed by atoms with van der Waals surface area (Å²) in [6.45, 7) is 9.07. The van der Waals surface area contributed by atoms with E-state index >= 15 is 0 Å². The van der Waals surface area contributed by atoms with Crippen LogP contribution >= 0.6 is 0 Å². The van der Waals surface area contributed by atoms with Crippen molar-refractivity contribution in [2.75, 3.05) is 19.6 Å². The van der Waals surface area contributed by atoms with Crippen LogP contribution in [0.5, 0.6) is 0 Å². The fourth-order valence-corrected chi connectivity index (χ4v) is 1.58. The van der Waals surface area contributed by atoms with Gasteiger partial charge >= 0.3 is 0 Å². The van der Waals surface area contributed by atoms with Gasteiger partial charge in [-0.3, -0.25) is 0 Å². The van der Waals surface area contributed by atoms with Crippen molar-refractivity contribution in [3.8, 4) is 0 Å². The summed E-state index contributed by atoms with van der Waals surface area (Å²) in [5.41, 5.74) is 0. The van der Waals surface area contributed by atoms with E-state index in [1.54, 1.807) is 0 Å². The Labute approximate surface area is 70.4 Å². The van der Waals surface area contributed by atoms with Crippen molar-refractivity contribution in [2.45, 2.75) is 40.0 Å². The van der Waals surface area contributed by atoms with Crippen LogP contribution in [0.3, 0.4) is 0 Å². The van der Waals surface area contributed by atoms with E-state index in [1.807, 2.05) is 0 Å². The Morgan fingerprint density at radius 3 is 1.27 bits per heavy atom. The predicted octanol–water partition coefficient (Wildman–Crippen LogP) is 2.42. The number of nitrogens with zero attached hydrogens (tertiary/aromatic N) is 1. The number of hydroxylamine groups is 3. The minimum Gasteiger partial charge on any atom is -0.217 e. The molecule has 0 aromatic rings. The summed E-state index contributed by atoms with van der Waals surface area (Å²) in [6, 6.07) is 0. The first-order chi connectivity index (χ1) is 5.18. The Kier molecular flexibility index (Phi) is 5.51. The molecule has 0 aliphatic rings. The number of hydrogen-bond donors (Lipinski definition) is 1. The highest BCUT2D eigenvalue weighted by Gasteiger charge is 2.21. The molecule has 0 spiro atoms. The summed E-state index contributed by atoms with van der Waals surface area (Å²) in [5.74, 6) is 0. The Hall–Kier alpha value is -0.0800. The molecule has 0 aliphatic heterocycles. The number of hydrogen-bond acceptors (Lipinski definition) is 1. The molecule has 0 heterocycles. The van der Waals surface area contributed by atoms with E-state index in [-0.39, 0.29) is 4.65 Å². The fourth-order valence-electron chi connectivity index (χ4n) is 1.58. The molecule has 0 saturated carbocycles. The Morgan fingerprint density at radius 2 is 1.09 bits per heavy atom. The lowest BCUT2D eigenvalue weighted by molar-refractivity contribution is -1.10. The van der Waals surface area contributed by atoms with Crippen molar-refractivity contribution in [3.63, 3.8) is 0 Å². The molecule has 0 aromatic carbocycles. The molecule has 0 rings (SSSR count). The summed E-state index contributed by atoms with van der Waals surface area (Å²) >= 11 is 0. The van der Waals surface area contributed by atoms with Crippen molar-refractivity contribution in [1.82, 2.24) is 0 Å². The summed E-state index contributed by atoms with van der Waals surface area (Å²) in [7, 11) is 0. The van der Waals surface area contributed by atoms with Crippen LogP contribution in [-0.4, -0.2) is 29.5 Å². The minimum atomic E-state index is 0.281. The van der Waals surface area contributed by atoms with E-state index < -0.39 is 0 Å². The van der Waals surface area contributed by atoms with Gasteiger partial charge in [0.05, 0.1) is 0 Å². The zero-order valence-corrected chi connectivity index (χ0v) is 8.14. The predicted molar refractivity (Wildman–Crippen MR) is 47.5 cm³/mol. The lowest BCUT2D eigenvalue weighted by Gasteiger charge is -2.29. The molecule has 0 aromatic heterocycles. The average molecular weight is 160 g/mol. The summed E-state index contributed by atoms with van der Waals surface area (Å²) in [5, 5.41) is 9.95. The van der Waals surface area contributed by atoms with Gasteiger partial charge in [0.25, 0.3) is 0 Å². The van der Waals surface area contributed by atoms with E-state index in [0.29, 0.717) is 0 Å². The van der Waals surface area contributed by atoms with Gasteiger partial charge in [-0.05, 0) is 19.3 Å². The molecule has 0 aliphatic carbocycles.